The van der Waals surface area contributed by atoms with E-state index in [1.807, 2.05) is 0 Å². The third-order valence-electron chi connectivity index (χ3n) is 12.8. The molecule has 0 bridgehead atoms. The van der Waals surface area contributed by atoms with Crippen LogP contribution in [0.25, 0.3) is 11.1 Å². The van der Waals surface area contributed by atoms with Crippen molar-refractivity contribution in [2.45, 2.75) is 94.3 Å². The van der Waals surface area contributed by atoms with Crippen LogP contribution in [0.4, 0.5) is 0 Å². The number of amides is 2. The molecular weight excluding hydrogens is 897 g/mol. The number of phenols is 3. The molecule has 4 aromatic carbocycles. The Balaban J connectivity index is 1.25. The van der Waals surface area contributed by atoms with Crippen LogP contribution in [0.1, 0.15) is 95.3 Å². The average molecular weight is 945 g/mol. The first-order valence-electron chi connectivity index (χ1n) is 21.3. The van der Waals surface area contributed by atoms with Crippen LogP contribution in [-0.4, -0.2) is 162 Å². The van der Waals surface area contributed by atoms with Gasteiger partial charge in [-0.1, -0.05) is 24.3 Å². The number of likely N-dealkylation sites (N-methyl/N-ethyl adjacent to an activating group) is 1. The SMILES string of the molecule is COc1cc(O)c2c(c1)C(=O)c1c(cc3c(c1O)-c1c(cc(C)c(C(=O)NC(C)C(=O)O)c1O)[C@H](OC1OC(C)C(N(C)C(=O)c4ccccc4)C(OC4OCC(O)C(O)C4O)C1O)[C@H]3O)C2=O. The number of hydrogen-bond acceptors (Lipinski definition) is 18. The Kier molecular flexibility index (Phi) is 12.8. The minimum atomic E-state index is -1.97. The second-order valence-electron chi connectivity index (χ2n) is 17.1. The van der Waals surface area contributed by atoms with Gasteiger partial charge in [-0.3, -0.25) is 24.0 Å². The summed E-state index contributed by atoms with van der Waals surface area (Å²) in [4.78, 5) is 68.9. The zero-order valence-corrected chi connectivity index (χ0v) is 36.9. The molecule has 2 saturated heterocycles. The molecule has 2 fully saturated rings. The van der Waals surface area contributed by atoms with Crippen LogP contribution in [-0.2, 0) is 23.7 Å². The van der Waals surface area contributed by atoms with E-state index in [0.717, 1.165) is 12.1 Å². The number of benzene rings is 4. The van der Waals surface area contributed by atoms with Crippen molar-refractivity contribution in [3.63, 3.8) is 0 Å². The van der Waals surface area contributed by atoms with E-state index in [1.165, 1.54) is 52.0 Å². The number of carbonyl (C=O) groups is 5. The third-order valence-corrected chi connectivity index (χ3v) is 12.8. The van der Waals surface area contributed by atoms with Gasteiger partial charge in [-0.05, 0) is 61.7 Å². The number of fused-ring (bicyclic) bond motifs is 5. The van der Waals surface area contributed by atoms with Gasteiger partial charge in [0.25, 0.3) is 11.8 Å². The highest BCUT2D eigenvalue weighted by molar-refractivity contribution is 6.31. The first kappa shape index (κ1) is 47.9. The molecule has 0 saturated carbocycles. The zero-order chi connectivity index (χ0) is 49.4. The number of nitrogens with zero attached hydrogens (tertiary/aromatic N) is 1. The Hall–Kier alpha value is -6.53. The van der Waals surface area contributed by atoms with Crippen molar-refractivity contribution in [3.8, 4) is 34.1 Å². The fraction of sp³-hybridized carbons (Fsp3) is 0.383. The van der Waals surface area contributed by atoms with Crippen molar-refractivity contribution < 1.29 is 93.6 Å². The maximum atomic E-state index is 14.2. The number of aliphatic hydroxyl groups excluding tert-OH is 5. The van der Waals surface area contributed by atoms with E-state index in [-0.39, 0.29) is 33.6 Å². The smallest absolute Gasteiger partial charge is 0.325 e. The van der Waals surface area contributed by atoms with Gasteiger partial charge < -0.3 is 79.9 Å². The van der Waals surface area contributed by atoms with Gasteiger partial charge in [0.1, 0.15) is 71.8 Å². The summed E-state index contributed by atoms with van der Waals surface area (Å²) >= 11 is 0. The van der Waals surface area contributed by atoms with Crippen molar-refractivity contribution in [1.29, 1.82) is 0 Å². The quantitative estimate of drug-likeness (QED) is 0.0931. The highest BCUT2D eigenvalue weighted by atomic mass is 16.7. The molecule has 68 heavy (non-hydrogen) atoms. The number of ketones is 2. The Morgan fingerprint density at radius 3 is 2.12 bits per heavy atom. The molecule has 21 nitrogen and oxygen atoms in total. The summed E-state index contributed by atoms with van der Waals surface area (Å²) in [5.41, 5.74) is -3.50. The molecule has 12 atom stereocenters. The van der Waals surface area contributed by atoms with Gasteiger partial charge in [0.15, 0.2) is 24.1 Å². The molecule has 2 aliphatic heterocycles. The summed E-state index contributed by atoms with van der Waals surface area (Å²) in [6.45, 7) is 3.55. The number of aliphatic carboxylic acids is 1. The summed E-state index contributed by atoms with van der Waals surface area (Å²) in [5.74, 6) is -7.40. The molecule has 8 rings (SSSR count). The molecule has 0 radical (unpaired) electrons. The lowest BCUT2D eigenvalue weighted by molar-refractivity contribution is -0.344. The van der Waals surface area contributed by atoms with Crippen LogP contribution in [0.3, 0.4) is 0 Å². The normalized spacial score (nSPS) is 27.8. The van der Waals surface area contributed by atoms with E-state index in [4.69, 9.17) is 23.7 Å². The fourth-order valence-corrected chi connectivity index (χ4v) is 9.33. The minimum Gasteiger partial charge on any atom is -0.507 e. The molecule has 2 aliphatic carbocycles. The molecule has 10 unspecified atom stereocenters. The third kappa shape index (κ3) is 7.90. The molecule has 21 heteroatoms. The standard InChI is InChI=1S/C47H48N2O19/c1-16-11-24-30(37(56)27(16)43(60)48-17(2)45(62)63)29-22(14-23-31(38(29)57)34(53)21-12-20(64-5)13-25(50)28(21)33(23)52)35(54)41(24)67-47-40(59)42(68-46-39(58)36(55)26(51)15-65-46)32(18(3)66-47)49(4)44(61)19-9-7-6-8-10-19/h6-14,17-18,26,32,35-36,39-42,46-47,50-51,54-59H,15H2,1-5H3,(H,48,60)(H,62,63)/t17?,18?,26?,32?,35-,36?,39?,40?,41-,42?,46?,47?/m0/s1. The van der Waals surface area contributed by atoms with E-state index < -0.39 is 160 Å². The number of ether oxygens (including phenoxy) is 5. The van der Waals surface area contributed by atoms with Crippen LogP contribution in [0.2, 0.25) is 0 Å². The van der Waals surface area contributed by atoms with E-state index in [1.54, 1.807) is 30.3 Å². The monoisotopic (exact) mass is 944 g/mol. The Morgan fingerprint density at radius 1 is 0.809 bits per heavy atom. The van der Waals surface area contributed by atoms with Crippen LogP contribution < -0.4 is 10.1 Å². The number of hydrogen-bond donors (Lipinski definition) is 10. The highest BCUT2D eigenvalue weighted by Crippen LogP contribution is 2.57. The van der Waals surface area contributed by atoms with E-state index in [0.29, 0.717) is 0 Å². The lowest BCUT2D eigenvalue weighted by atomic mass is 9.74. The van der Waals surface area contributed by atoms with Gasteiger partial charge in [0.2, 0.25) is 0 Å². The van der Waals surface area contributed by atoms with Gasteiger partial charge in [-0.25, -0.2) is 0 Å². The number of phenolic OH excluding ortho intramolecular Hbond substituents is 3. The summed E-state index contributed by atoms with van der Waals surface area (Å²) < 4.78 is 29.5. The predicted molar refractivity (Wildman–Crippen MR) is 230 cm³/mol. The van der Waals surface area contributed by atoms with Gasteiger partial charge in [-0.2, -0.15) is 0 Å². The van der Waals surface area contributed by atoms with E-state index >= 15 is 0 Å². The molecule has 0 spiro atoms. The number of aliphatic hydroxyl groups is 5. The Morgan fingerprint density at radius 2 is 1.46 bits per heavy atom. The lowest BCUT2D eigenvalue weighted by Crippen LogP contribution is -2.66. The summed E-state index contributed by atoms with van der Waals surface area (Å²) in [6.07, 6.45) is -17.1. The molecular formula is C47H48N2O19. The van der Waals surface area contributed by atoms with Gasteiger partial charge in [0, 0.05) is 40.9 Å². The number of nitrogens with one attached hydrogen (secondary N) is 1. The molecule has 0 aromatic heterocycles. The number of aromatic hydroxyl groups is 3. The molecule has 10 N–H and O–H groups in total. The molecule has 4 aromatic rings. The highest BCUT2D eigenvalue weighted by Gasteiger charge is 2.53. The Labute approximate surface area is 386 Å². The van der Waals surface area contributed by atoms with Crippen molar-refractivity contribution in [2.75, 3.05) is 20.8 Å². The molecule has 2 heterocycles. The lowest BCUT2D eigenvalue weighted by Gasteiger charge is -2.49. The maximum absolute atomic E-state index is 14.2. The van der Waals surface area contributed by atoms with Crippen molar-refractivity contribution in [2.24, 2.45) is 0 Å². The number of rotatable bonds is 10. The number of carboxylic acids is 1. The Bertz CT molecular complexity index is 2730. The van der Waals surface area contributed by atoms with Crippen molar-refractivity contribution in [3.05, 3.63) is 105 Å². The molecule has 2 amide bonds. The fourth-order valence-electron chi connectivity index (χ4n) is 9.33. The summed E-state index contributed by atoms with van der Waals surface area (Å²) in [7, 11) is 2.66. The number of carboxylic acid groups (broad SMARTS) is 1. The van der Waals surface area contributed by atoms with Crippen LogP contribution in [0, 0.1) is 6.92 Å². The number of methoxy groups -OCH3 is 1. The van der Waals surface area contributed by atoms with Crippen molar-refractivity contribution >= 4 is 29.4 Å². The van der Waals surface area contributed by atoms with E-state index in [9.17, 15) is 69.9 Å². The first-order chi connectivity index (χ1) is 32.2. The van der Waals surface area contributed by atoms with Crippen LogP contribution >= 0.6 is 0 Å². The second-order valence-corrected chi connectivity index (χ2v) is 17.1. The van der Waals surface area contributed by atoms with E-state index in [2.05, 4.69) is 5.32 Å². The minimum absolute atomic E-state index is 0.00269. The predicted octanol–water partition coefficient (Wildman–Crippen LogP) is 0.941. The molecule has 4 aliphatic rings. The number of aryl methyl sites for hydroxylation is 1. The van der Waals surface area contributed by atoms with Gasteiger partial charge in [-0.15, -0.1) is 0 Å². The van der Waals surface area contributed by atoms with Crippen molar-refractivity contribution in [1.82, 2.24) is 10.2 Å². The van der Waals surface area contributed by atoms with Gasteiger partial charge >= 0.3 is 5.97 Å². The number of carbonyl (C=O) groups excluding carboxylic acids is 4. The molecule has 360 valence electrons. The second kappa shape index (κ2) is 18.2. The summed E-state index contributed by atoms with van der Waals surface area (Å²) in [5, 5.41) is 103. The van der Waals surface area contributed by atoms with Crippen LogP contribution in [0.15, 0.2) is 54.6 Å². The largest absolute Gasteiger partial charge is 0.507 e. The topological polar surface area (TPSA) is 329 Å². The van der Waals surface area contributed by atoms with Gasteiger partial charge in [0.05, 0.1) is 42.6 Å². The average Bonchev–Trinajstić information content (AvgIpc) is 3.30. The maximum Gasteiger partial charge on any atom is 0.325 e. The zero-order valence-electron chi connectivity index (χ0n) is 36.9. The van der Waals surface area contributed by atoms with Crippen LogP contribution in [0.5, 0.6) is 23.0 Å². The first-order valence-corrected chi connectivity index (χ1v) is 21.3. The summed E-state index contributed by atoms with van der Waals surface area (Å²) in [6, 6.07) is 10.00.